The van der Waals surface area contributed by atoms with E-state index in [0.717, 1.165) is 19.4 Å². The van der Waals surface area contributed by atoms with Crippen LogP contribution in [0.2, 0.25) is 0 Å². The van der Waals surface area contributed by atoms with Crippen LogP contribution in [-0.2, 0) is 6.54 Å². The molecular weight excluding hydrogens is 184 g/mol. The van der Waals surface area contributed by atoms with Crippen molar-refractivity contribution < 1.29 is 0 Å². The van der Waals surface area contributed by atoms with E-state index < -0.39 is 0 Å². The molecule has 76 valence electrons. The van der Waals surface area contributed by atoms with E-state index in [4.69, 9.17) is 5.26 Å². The number of nitriles is 1. The molecule has 1 saturated carbocycles. The normalized spacial score (nSPS) is 24.1. The van der Waals surface area contributed by atoms with Gasteiger partial charge in [-0.25, -0.2) is 0 Å². The zero-order valence-corrected chi connectivity index (χ0v) is 8.90. The van der Waals surface area contributed by atoms with Crippen molar-refractivity contribution in [3.8, 4) is 6.07 Å². The first-order chi connectivity index (χ1) is 7.22. The fourth-order valence-corrected chi connectivity index (χ4v) is 1.83. The van der Waals surface area contributed by atoms with Gasteiger partial charge in [-0.15, -0.1) is 0 Å². The Bertz CT molecular complexity index is 404. The predicted molar refractivity (Wildman–Crippen MR) is 60.5 cm³/mol. The number of rotatable bonds is 2. The zero-order chi connectivity index (χ0) is 10.7. The Labute approximate surface area is 90.3 Å². The van der Waals surface area contributed by atoms with Gasteiger partial charge in [0.15, 0.2) is 0 Å². The summed E-state index contributed by atoms with van der Waals surface area (Å²) in [4.78, 5) is 4.51. The van der Waals surface area contributed by atoms with Gasteiger partial charge in [0.25, 0.3) is 0 Å². The quantitative estimate of drug-likeness (QED) is 0.719. The molecule has 0 amide bonds. The predicted octanol–water partition coefficient (Wildman–Crippen LogP) is 2.95. The summed E-state index contributed by atoms with van der Waals surface area (Å²) in [7, 11) is 0. The van der Waals surface area contributed by atoms with Gasteiger partial charge in [0, 0.05) is 18.6 Å². The maximum Gasteiger partial charge on any atom is 0.0694 e. The van der Waals surface area contributed by atoms with Gasteiger partial charge in [-0.05, 0) is 12.5 Å². The summed E-state index contributed by atoms with van der Waals surface area (Å²) in [5, 5.41) is 8.84. The Morgan fingerprint density at radius 2 is 2.00 bits per heavy atom. The molecule has 1 aliphatic carbocycles. The van der Waals surface area contributed by atoms with Gasteiger partial charge in [-0.2, -0.15) is 5.26 Å². The van der Waals surface area contributed by atoms with Gasteiger partial charge < -0.3 is 0 Å². The van der Waals surface area contributed by atoms with Gasteiger partial charge in [0.1, 0.15) is 0 Å². The van der Waals surface area contributed by atoms with Crippen LogP contribution in [0.4, 0.5) is 0 Å². The monoisotopic (exact) mass is 198 g/mol. The Balaban J connectivity index is 1.91. The van der Waals surface area contributed by atoms with Crippen molar-refractivity contribution in [2.24, 2.45) is 10.4 Å². The third-order valence-electron chi connectivity index (χ3n) is 2.79. The van der Waals surface area contributed by atoms with Crippen LogP contribution in [0.25, 0.3) is 0 Å². The number of benzene rings is 1. The minimum Gasteiger partial charge on any atom is -0.289 e. The Kier molecular flexibility index (Phi) is 2.55. The fraction of sp³-hybridized carbons (Fsp3) is 0.385. The summed E-state index contributed by atoms with van der Waals surface area (Å²) >= 11 is 0. The number of hydrogen-bond donors (Lipinski definition) is 0. The maximum atomic E-state index is 8.84. The van der Waals surface area contributed by atoms with Crippen molar-refractivity contribution in [1.29, 1.82) is 5.26 Å². The third kappa shape index (κ3) is 2.24. The van der Waals surface area contributed by atoms with E-state index in [9.17, 15) is 0 Å². The smallest absolute Gasteiger partial charge is 0.0694 e. The molecule has 2 rings (SSSR count). The summed E-state index contributed by atoms with van der Waals surface area (Å²) in [6.07, 6.45) is 1.69. The summed E-state index contributed by atoms with van der Waals surface area (Å²) in [5.41, 5.74) is 2.27. The van der Waals surface area contributed by atoms with E-state index in [2.05, 4.69) is 23.2 Å². The minimum atomic E-state index is -0.143. The van der Waals surface area contributed by atoms with E-state index in [-0.39, 0.29) is 5.41 Å². The topological polar surface area (TPSA) is 36.1 Å². The lowest BCUT2D eigenvalue weighted by molar-refractivity contribution is 0.412. The standard InChI is InChI=1S/C13H14N2/c1-13(10-14)7-12(8-13)15-9-11-5-3-2-4-6-11/h2-6H,7-9H2,1H3. The number of nitrogens with zero attached hydrogens (tertiary/aromatic N) is 2. The first kappa shape index (κ1) is 9.92. The average molecular weight is 198 g/mol. The van der Waals surface area contributed by atoms with Crippen LogP contribution < -0.4 is 0 Å². The van der Waals surface area contributed by atoms with E-state index in [1.54, 1.807) is 0 Å². The van der Waals surface area contributed by atoms with Crippen molar-refractivity contribution >= 4 is 5.71 Å². The first-order valence-electron chi connectivity index (χ1n) is 5.19. The van der Waals surface area contributed by atoms with Gasteiger partial charge in [-0.3, -0.25) is 4.99 Å². The molecule has 15 heavy (non-hydrogen) atoms. The van der Waals surface area contributed by atoms with Crippen molar-refractivity contribution in [2.45, 2.75) is 26.3 Å². The van der Waals surface area contributed by atoms with Crippen molar-refractivity contribution in [3.63, 3.8) is 0 Å². The van der Waals surface area contributed by atoms with E-state index in [1.807, 2.05) is 25.1 Å². The molecule has 1 aromatic rings. The SMILES string of the molecule is CC1(C#N)CC(=NCc2ccccc2)C1. The highest BCUT2D eigenvalue weighted by molar-refractivity contribution is 5.92. The third-order valence-corrected chi connectivity index (χ3v) is 2.79. The highest BCUT2D eigenvalue weighted by Gasteiger charge is 2.37. The molecule has 2 heteroatoms. The largest absolute Gasteiger partial charge is 0.289 e. The lowest BCUT2D eigenvalue weighted by Crippen LogP contribution is -2.33. The second-order valence-corrected chi connectivity index (χ2v) is 4.39. The molecule has 1 aliphatic rings. The van der Waals surface area contributed by atoms with Gasteiger partial charge in [0.05, 0.1) is 18.0 Å². The van der Waals surface area contributed by atoms with Crippen molar-refractivity contribution in [2.75, 3.05) is 0 Å². The molecule has 0 aromatic heterocycles. The molecule has 0 bridgehead atoms. The van der Waals surface area contributed by atoms with Gasteiger partial charge >= 0.3 is 0 Å². The second kappa shape index (κ2) is 3.86. The molecule has 0 radical (unpaired) electrons. The molecule has 2 nitrogen and oxygen atoms in total. The van der Waals surface area contributed by atoms with Crippen LogP contribution in [0.3, 0.4) is 0 Å². The molecule has 1 aromatic carbocycles. The zero-order valence-electron chi connectivity index (χ0n) is 8.90. The molecule has 0 unspecified atom stereocenters. The Morgan fingerprint density at radius 3 is 2.60 bits per heavy atom. The molecule has 0 aliphatic heterocycles. The van der Waals surface area contributed by atoms with Crippen LogP contribution in [0.1, 0.15) is 25.3 Å². The summed E-state index contributed by atoms with van der Waals surface area (Å²) in [6.45, 7) is 2.74. The first-order valence-corrected chi connectivity index (χ1v) is 5.19. The van der Waals surface area contributed by atoms with Crippen molar-refractivity contribution in [1.82, 2.24) is 0 Å². The summed E-state index contributed by atoms with van der Waals surface area (Å²) < 4.78 is 0. The molecule has 0 N–H and O–H groups in total. The van der Waals surface area contributed by atoms with Crippen molar-refractivity contribution in [3.05, 3.63) is 35.9 Å². The Morgan fingerprint density at radius 1 is 1.33 bits per heavy atom. The van der Waals surface area contributed by atoms with E-state index >= 15 is 0 Å². The minimum absolute atomic E-state index is 0.143. The van der Waals surface area contributed by atoms with Crippen LogP contribution in [0.5, 0.6) is 0 Å². The molecule has 1 fully saturated rings. The van der Waals surface area contributed by atoms with Crippen LogP contribution >= 0.6 is 0 Å². The second-order valence-electron chi connectivity index (χ2n) is 4.39. The molecule has 0 spiro atoms. The maximum absolute atomic E-state index is 8.84. The lowest BCUT2D eigenvalue weighted by Gasteiger charge is -2.32. The van der Waals surface area contributed by atoms with E-state index in [0.29, 0.717) is 0 Å². The number of aliphatic imine (C=N–C) groups is 1. The van der Waals surface area contributed by atoms with E-state index in [1.165, 1.54) is 11.3 Å². The highest BCUT2D eigenvalue weighted by atomic mass is 14.8. The summed E-state index contributed by atoms with van der Waals surface area (Å²) in [6, 6.07) is 12.5. The molecule has 0 atom stereocenters. The molecule has 0 saturated heterocycles. The van der Waals surface area contributed by atoms with Crippen LogP contribution in [0.15, 0.2) is 35.3 Å². The highest BCUT2D eigenvalue weighted by Crippen LogP contribution is 2.37. The fourth-order valence-electron chi connectivity index (χ4n) is 1.83. The average Bonchev–Trinajstić information content (AvgIpc) is 2.24. The molecular formula is C13H14N2. The Hall–Kier alpha value is -1.62. The number of hydrogen-bond acceptors (Lipinski definition) is 2. The van der Waals surface area contributed by atoms with Crippen LogP contribution in [-0.4, -0.2) is 5.71 Å². The van der Waals surface area contributed by atoms with Gasteiger partial charge in [-0.1, -0.05) is 30.3 Å². The van der Waals surface area contributed by atoms with Gasteiger partial charge in [0.2, 0.25) is 0 Å². The lowest BCUT2D eigenvalue weighted by atomic mass is 9.70. The van der Waals surface area contributed by atoms with Crippen LogP contribution in [0, 0.1) is 16.7 Å². The molecule has 0 heterocycles. The summed E-state index contributed by atoms with van der Waals surface area (Å²) in [5.74, 6) is 0.